The maximum Gasteiger partial charge on any atom is 0.191 e. The Labute approximate surface area is 87.6 Å². The van der Waals surface area contributed by atoms with Gasteiger partial charge < -0.3 is 0 Å². The zero-order chi connectivity index (χ0) is 10.8. The van der Waals surface area contributed by atoms with Gasteiger partial charge in [-0.2, -0.15) is 0 Å². The van der Waals surface area contributed by atoms with E-state index in [4.69, 9.17) is 0 Å². The summed E-state index contributed by atoms with van der Waals surface area (Å²) in [6, 6.07) is 7.05. The minimum Gasteiger partial charge on any atom is -0.289 e. The molecule has 0 spiro atoms. The van der Waals surface area contributed by atoms with E-state index in [1.165, 1.54) is 0 Å². The summed E-state index contributed by atoms with van der Waals surface area (Å²) in [5.41, 5.74) is 2.25. The summed E-state index contributed by atoms with van der Waals surface area (Å²) in [7, 11) is 0. The van der Waals surface area contributed by atoms with Gasteiger partial charge in [0.1, 0.15) is 0 Å². The first-order valence-electron chi connectivity index (χ1n) is 4.99. The van der Waals surface area contributed by atoms with E-state index in [0.29, 0.717) is 22.3 Å². The SMILES string of the molecule is CC1(C)C2=C1C(=O)c1ccccc1C2=O. The largest absolute Gasteiger partial charge is 0.289 e. The molecule has 2 aliphatic carbocycles. The number of Topliss-reactive ketones (excluding diaryl/α,β-unsaturated/α-hetero) is 2. The summed E-state index contributed by atoms with van der Waals surface area (Å²) >= 11 is 0. The molecule has 0 aliphatic heterocycles. The van der Waals surface area contributed by atoms with Crippen molar-refractivity contribution < 1.29 is 9.59 Å². The first kappa shape index (κ1) is 8.60. The van der Waals surface area contributed by atoms with Crippen LogP contribution in [0.2, 0.25) is 0 Å². The lowest BCUT2D eigenvalue weighted by atomic mass is 9.95. The third-order valence-electron chi connectivity index (χ3n) is 3.31. The Morgan fingerprint density at radius 1 is 0.867 bits per heavy atom. The second-order valence-electron chi connectivity index (χ2n) is 4.58. The molecule has 15 heavy (non-hydrogen) atoms. The molecule has 0 heterocycles. The number of ketones is 2. The molecule has 0 N–H and O–H groups in total. The highest BCUT2D eigenvalue weighted by Gasteiger charge is 2.55. The molecule has 2 heteroatoms. The van der Waals surface area contributed by atoms with E-state index in [1.807, 2.05) is 13.8 Å². The van der Waals surface area contributed by atoms with Gasteiger partial charge in [-0.05, 0) is 0 Å². The average Bonchev–Trinajstić information content (AvgIpc) is 2.79. The van der Waals surface area contributed by atoms with Crippen molar-refractivity contribution in [3.8, 4) is 0 Å². The van der Waals surface area contributed by atoms with Crippen molar-refractivity contribution in [3.63, 3.8) is 0 Å². The van der Waals surface area contributed by atoms with Gasteiger partial charge >= 0.3 is 0 Å². The molecule has 0 saturated heterocycles. The molecule has 3 rings (SSSR count). The molecule has 74 valence electrons. The van der Waals surface area contributed by atoms with Gasteiger partial charge in [-0.15, -0.1) is 0 Å². The number of benzene rings is 1. The third kappa shape index (κ3) is 0.845. The van der Waals surface area contributed by atoms with Crippen LogP contribution in [0.5, 0.6) is 0 Å². The number of hydrogen-bond donors (Lipinski definition) is 0. The van der Waals surface area contributed by atoms with Gasteiger partial charge in [0.05, 0.1) is 0 Å². The first-order valence-corrected chi connectivity index (χ1v) is 4.99. The van der Waals surface area contributed by atoms with Crippen LogP contribution in [-0.4, -0.2) is 11.6 Å². The van der Waals surface area contributed by atoms with Crippen LogP contribution in [0.4, 0.5) is 0 Å². The van der Waals surface area contributed by atoms with Crippen molar-refractivity contribution in [2.45, 2.75) is 13.8 Å². The minimum atomic E-state index is -0.298. The van der Waals surface area contributed by atoms with Gasteiger partial charge in [0.15, 0.2) is 11.6 Å². The fourth-order valence-electron chi connectivity index (χ4n) is 2.41. The lowest BCUT2D eigenvalue weighted by Crippen LogP contribution is -2.10. The highest BCUT2D eigenvalue weighted by molar-refractivity contribution is 6.33. The Balaban J connectivity index is 2.26. The van der Waals surface area contributed by atoms with Crippen molar-refractivity contribution in [2.24, 2.45) is 5.41 Å². The van der Waals surface area contributed by atoms with Gasteiger partial charge in [0.25, 0.3) is 0 Å². The monoisotopic (exact) mass is 198 g/mol. The zero-order valence-electron chi connectivity index (χ0n) is 8.63. The van der Waals surface area contributed by atoms with E-state index in [2.05, 4.69) is 0 Å². The van der Waals surface area contributed by atoms with Crippen LogP contribution < -0.4 is 0 Å². The van der Waals surface area contributed by atoms with E-state index in [9.17, 15) is 9.59 Å². The molecule has 0 amide bonds. The van der Waals surface area contributed by atoms with Gasteiger partial charge in [0, 0.05) is 27.7 Å². The Morgan fingerprint density at radius 2 is 1.27 bits per heavy atom. The molecule has 0 saturated carbocycles. The van der Waals surface area contributed by atoms with Crippen LogP contribution in [-0.2, 0) is 0 Å². The fourth-order valence-corrected chi connectivity index (χ4v) is 2.41. The van der Waals surface area contributed by atoms with Crippen LogP contribution in [0, 0.1) is 5.41 Å². The predicted molar refractivity (Wildman–Crippen MR) is 55.9 cm³/mol. The predicted octanol–water partition coefficient (Wildman–Crippen LogP) is 2.40. The molecule has 0 atom stereocenters. The zero-order valence-corrected chi connectivity index (χ0v) is 8.63. The highest BCUT2D eigenvalue weighted by Crippen LogP contribution is 2.57. The summed E-state index contributed by atoms with van der Waals surface area (Å²) in [5, 5.41) is 0. The minimum absolute atomic E-state index is 0.0326. The van der Waals surface area contributed by atoms with Crippen molar-refractivity contribution >= 4 is 11.6 Å². The Hall–Kier alpha value is -1.70. The van der Waals surface area contributed by atoms with Crippen molar-refractivity contribution in [1.29, 1.82) is 0 Å². The van der Waals surface area contributed by atoms with Gasteiger partial charge in [0.2, 0.25) is 0 Å². The molecular weight excluding hydrogens is 188 g/mol. The van der Waals surface area contributed by atoms with Crippen molar-refractivity contribution in [2.75, 3.05) is 0 Å². The quantitative estimate of drug-likeness (QED) is 0.641. The van der Waals surface area contributed by atoms with Crippen LogP contribution >= 0.6 is 0 Å². The highest BCUT2D eigenvalue weighted by atomic mass is 16.1. The normalized spacial score (nSPS) is 21.2. The summed E-state index contributed by atoms with van der Waals surface area (Å²) in [6.07, 6.45) is 0. The Morgan fingerprint density at radius 3 is 1.67 bits per heavy atom. The van der Waals surface area contributed by atoms with Crippen LogP contribution in [0.15, 0.2) is 35.4 Å². The van der Waals surface area contributed by atoms with Gasteiger partial charge in [-0.3, -0.25) is 9.59 Å². The summed E-state index contributed by atoms with van der Waals surface area (Å²) in [4.78, 5) is 24.0. The van der Waals surface area contributed by atoms with Crippen LogP contribution in [0.3, 0.4) is 0 Å². The number of allylic oxidation sites excluding steroid dienone is 2. The molecule has 0 radical (unpaired) electrons. The molecule has 0 aromatic heterocycles. The molecule has 0 unspecified atom stereocenters. The smallest absolute Gasteiger partial charge is 0.191 e. The summed E-state index contributed by atoms with van der Waals surface area (Å²) < 4.78 is 0. The molecule has 1 aromatic carbocycles. The van der Waals surface area contributed by atoms with Gasteiger partial charge in [-0.1, -0.05) is 38.1 Å². The standard InChI is InChI=1S/C13H10O2/c1-13(2)9-10(13)12(15)8-6-4-3-5-7(8)11(9)14/h3-6H,1-2H3. The van der Waals surface area contributed by atoms with E-state index in [0.717, 1.165) is 0 Å². The Bertz CT molecular complexity index is 500. The second-order valence-corrected chi connectivity index (χ2v) is 4.58. The average molecular weight is 198 g/mol. The number of carbonyl (C=O) groups is 2. The lowest BCUT2D eigenvalue weighted by Gasteiger charge is -2.06. The number of fused-ring (bicyclic) bond motifs is 1. The van der Waals surface area contributed by atoms with E-state index < -0.39 is 0 Å². The molecule has 1 aromatic rings. The summed E-state index contributed by atoms with van der Waals surface area (Å²) in [5.74, 6) is 0.0652. The third-order valence-corrected chi connectivity index (χ3v) is 3.31. The molecular formula is C13H10O2. The van der Waals surface area contributed by atoms with E-state index in [1.54, 1.807) is 24.3 Å². The number of hydrogen-bond acceptors (Lipinski definition) is 2. The van der Waals surface area contributed by atoms with Crippen LogP contribution in [0.25, 0.3) is 0 Å². The topological polar surface area (TPSA) is 34.1 Å². The number of rotatable bonds is 0. The summed E-state index contributed by atoms with van der Waals surface area (Å²) in [6.45, 7) is 3.86. The van der Waals surface area contributed by atoms with Gasteiger partial charge in [-0.25, -0.2) is 0 Å². The van der Waals surface area contributed by atoms with Crippen molar-refractivity contribution in [1.82, 2.24) is 0 Å². The molecule has 2 aliphatic rings. The maximum atomic E-state index is 12.0. The van der Waals surface area contributed by atoms with E-state index >= 15 is 0 Å². The molecule has 0 bridgehead atoms. The fraction of sp³-hybridized carbons (Fsp3) is 0.231. The molecule has 0 fully saturated rings. The van der Waals surface area contributed by atoms with E-state index in [-0.39, 0.29) is 17.0 Å². The molecule has 2 nitrogen and oxygen atoms in total. The van der Waals surface area contributed by atoms with Crippen molar-refractivity contribution in [3.05, 3.63) is 46.5 Å². The lowest BCUT2D eigenvalue weighted by molar-refractivity contribution is 0.0994. The maximum absolute atomic E-state index is 12.0. The number of carbonyl (C=O) groups excluding carboxylic acids is 2. The van der Waals surface area contributed by atoms with Crippen LogP contribution in [0.1, 0.15) is 34.6 Å². The first-order chi connectivity index (χ1) is 7.05. The Kier molecular flexibility index (Phi) is 1.30. The second kappa shape index (κ2) is 2.27.